The van der Waals surface area contributed by atoms with Gasteiger partial charge in [0.05, 0.1) is 27.2 Å². The van der Waals surface area contributed by atoms with E-state index in [2.05, 4.69) is 41.9 Å². The number of carbonyl (C=O) groups is 1. The molecule has 100 valence electrons. The molecule has 0 aromatic rings. The van der Waals surface area contributed by atoms with E-state index >= 15 is 0 Å². The van der Waals surface area contributed by atoms with Crippen molar-refractivity contribution >= 4 is 21.8 Å². The summed E-state index contributed by atoms with van der Waals surface area (Å²) in [5.41, 5.74) is 0. The monoisotopic (exact) mass is 305 g/mol. The van der Waals surface area contributed by atoms with Gasteiger partial charge >= 0.3 is 0 Å². The number of halogens is 1. The average Bonchev–Trinajstić information content (AvgIpc) is 2.30. The summed E-state index contributed by atoms with van der Waals surface area (Å²) in [6.07, 6.45) is 6.17. The summed E-state index contributed by atoms with van der Waals surface area (Å²) >= 11 is 3.45. The van der Waals surface area contributed by atoms with Gasteiger partial charge in [-0.3, -0.25) is 4.79 Å². The zero-order valence-electron chi connectivity index (χ0n) is 11.2. The normalized spacial score (nSPS) is 11.2. The molecule has 3 nitrogen and oxygen atoms in total. The molecule has 0 bridgehead atoms. The number of hydrogen-bond acceptors (Lipinski definition) is 1. The Morgan fingerprint density at radius 3 is 2.47 bits per heavy atom. The average molecular weight is 306 g/mol. The van der Waals surface area contributed by atoms with Crippen molar-refractivity contribution in [1.82, 2.24) is 5.32 Å². The van der Waals surface area contributed by atoms with E-state index < -0.39 is 0 Å². The Hall–Kier alpha value is -0.350. The van der Waals surface area contributed by atoms with Gasteiger partial charge in [-0.2, -0.15) is 0 Å². The van der Waals surface area contributed by atoms with Crippen molar-refractivity contribution in [2.75, 3.05) is 39.1 Å². The van der Waals surface area contributed by atoms with E-state index in [-0.39, 0.29) is 5.91 Å². The number of nitrogens with zero attached hydrogens (tertiary/aromatic N) is 1. The Morgan fingerprint density at radius 2 is 1.88 bits per heavy atom. The SMILES string of the molecule is C=CC(=O)NCCC[N+](C)(C)CCCCCBr. The van der Waals surface area contributed by atoms with Crippen molar-refractivity contribution in [2.24, 2.45) is 0 Å². The van der Waals surface area contributed by atoms with Crippen LogP contribution in [0.15, 0.2) is 12.7 Å². The van der Waals surface area contributed by atoms with Gasteiger partial charge in [0.15, 0.2) is 0 Å². The molecule has 1 amide bonds. The molecule has 0 saturated carbocycles. The zero-order chi connectivity index (χ0) is 13.1. The minimum absolute atomic E-state index is 0.0763. The van der Waals surface area contributed by atoms with E-state index in [9.17, 15) is 4.79 Å². The maximum Gasteiger partial charge on any atom is 0.243 e. The second kappa shape index (κ2) is 9.66. The number of rotatable bonds is 10. The van der Waals surface area contributed by atoms with E-state index in [1.54, 1.807) is 0 Å². The number of unbranched alkanes of at least 4 members (excludes halogenated alkanes) is 2. The van der Waals surface area contributed by atoms with Crippen molar-refractivity contribution < 1.29 is 9.28 Å². The Morgan fingerprint density at radius 1 is 1.24 bits per heavy atom. The fourth-order valence-corrected chi connectivity index (χ4v) is 2.11. The van der Waals surface area contributed by atoms with Crippen molar-refractivity contribution in [3.05, 3.63) is 12.7 Å². The molecule has 17 heavy (non-hydrogen) atoms. The molecule has 0 saturated heterocycles. The van der Waals surface area contributed by atoms with E-state index in [0.717, 1.165) is 29.3 Å². The molecule has 0 fully saturated rings. The molecule has 0 unspecified atom stereocenters. The van der Waals surface area contributed by atoms with Gasteiger partial charge < -0.3 is 9.80 Å². The maximum atomic E-state index is 10.9. The zero-order valence-corrected chi connectivity index (χ0v) is 12.8. The first-order valence-corrected chi connectivity index (χ1v) is 7.42. The smallest absolute Gasteiger partial charge is 0.243 e. The summed E-state index contributed by atoms with van der Waals surface area (Å²) < 4.78 is 1.03. The molecular formula is C13H26BrN2O+. The predicted octanol–water partition coefficient (Wildman–Crippen LogP) is 2.32. The van der Waals surface area contributed by atoms with Gasteiger partial charge in [0.2, 0.25) is 5.91 Å². The number of nitrogens with one attached hydrogen (secondary N) is 1. The number of hydrogen-bond donors (Lipinski definition) is 1. The van der Waals surface area contributed by atoms with Crippen LogP contribution in [-0.2, 0) is 4.79 Å². The van der Waals surface area contributed by atoms with Crippen LogP contribution in [0, 0.1) is 0 Å². The topological polar surface area (TPSA) is 29.1 Å². The maximum absolute atomic E-state index is 10.9. The molecule has 0 atom stereocenters. The fourth-order valence-electron chi connectivity index (χ4n) is 1.71. The van der Waals surface area contributed by atoms with Crippen LogP contribution in [0.2, 0.25) is 0 Å². The third-order valence-corrected chi connectivity index (χ3v) is 3.38. The van der Waals surface area contributed by atoms with Gasteiger partial charge in [0.1, 0.15) is 0 Å². The van der Waals surface area contributed by atoms with Crippen LogP contribution in [0.1, 0.15) is 25.7 Å². The van der Waals surface area contributed by atoms with Crippen molar-refractivity contribution in [3.63, 3.8) is 0 Å². The third-order valence-electron chi connectivity index (χ3n) is 2.82. The standard InChI is InChI=1S/C13H25BrN2O/c1-4-13(17)15-10-8-12-16(2,3)11-7-5-6-9-14/h4H,1,5-12H2,2-3H3/p+1. The molecule has 1 N–H and O–H groups in total. The van der Waals surface area contributed by atoms with Crippen LogP contribution in [0.3, 0.4) is 0 Å². The number of amides is 1. The fraction of sp³-hybridized carbons (Fsp3) is 0.769. The predicted molar refractivity (Wildman–Crippen MR) is 77.3 cm³/mol. The lowest BCUT2D eigenvalue weighted by atomic mass is 10.2. The second-order valence-electron chi connectivity index (χ2n) is 4.98. The lowest BCUT2D eigenvalue weighted by Gasteiger charge is -2.29. The van der Waals surface area contributed by atoms with Crippen molar-refractivity contribution in [1.29, 1.82) is 0 Å². The summed E-state index contributed by atoms with van der Waals surface area (Å²) in [4.78, 5) is 10.9. The molecule has 0 rings (SSSR count). The molecule has 0 spiro atoms. The van der Waals surface area contributed by atoms with Crippen LogP contribution < -0.4 is 5.32 Å². The second-order valence-corrected chi connectivity index (χ2v) is 5.77. The van der Waals surface area contributed by atoms with E-state index in [1.165, 1.54) is 31.9 Å². The van der Waals surface area contributed by atoms with Crippen LogP contribution in [-0.4, -0.2) is 49.4 Å². The minimum Gasteiger partial charge on any atom is -0.352 e. The van der Waals surface area contributed by atoms with Gasteiger partial charge in [-0.15, -0.1) is 0 Å². The molecule has 0 radical (unpaired) electrons. The highest BCUT2D eigenvalue weighted by atomic mass is 79.9. The molecular weight excluding hydrogens is 280 g/mol. The third kappa shape index (κ3) is 10.5. The van der Waals surface area contributed by atoms with Crippen LogP contribution in [0.5, 0.6) is 0 Å². The number of alkyl halides is 1. The minimum atomic E-state index is -0.0763. The Kier molecular flexibility index (Phi) is 9.46. The van der Waals surface area contributed by atoms with Gasteiger partial charge in [0.25, 0.3) is 0 Å². The highest BCUT2D eigenvalue weighted by Crippen LogP contribution is 2.05. The lowest BCUT2D eigenvalue weighted by molar-refractivity contribution is -0.890. The molecule has 0 aromatic carbocycles. The van der Waals surface area contributed by atoms with Crippen LogP contribution in [0.25, 0.3) is 0 Å². The van der Waals surface area contributed by atoms with Gasteiger partial charge in [0, 0.05) is 18.3 Å². The highest BCUT2D eigenvalue weighted by Gasteiger charge is 2.13. The number of carbonyl (C=O) groups excluding carboxylic acids is 1. The van der Waals surface area contributed by atoms with Crippen molar-refractivity contribution in [2.45, 2.75) is 25.7 Å². The first kappa shape index (κ1) is 16.6. The summed E-state index contributed by atoms with van der Waals surface area (Å²) in [7, 11) is 4.51. The molecule has 0 aliphatic carbocycles. The van der Waals surface area contributed by atoms with Gasteiger partial charge in [-0.05, 0) is 25.3 Å². The van der Waals surface area contributed by atoms with Gasteiger partial charge in [-0.25, -0.2) is 0 Å². The highest BCUT2D eigenvalue weighted by molar-refractivity contribution is 9.09. The molecule has 0 aromatic heterocycles. The van der Waals surface area contributed by atoms with Gasteiger partial charge in [-0.1, -0.05) is 22.5 Å². The van der Waals surface area contributed by atoms with Crippen LogP contribution in [0.4, 0.5) is 0 Å². The van der Waals surface area contributed by atoms with E-state index in [1.807, 2.05) is 0 Å². The largest absolute Gasteiger partial charge is 0.352 e. The molecule has 0 aliphatic rings. The summed E-state index contributed by atoms with van der Waals surface area (Å²) in [5.74, 6) is -0.0763. The van der Waals surface area contributed by atoms with Crippen molar-refractivity contribution in [3.8, 4) is 0 Å². The Labute approximate surface area is 114 Å². The Balaban J connectivity index is 3.56. The summed E-state index contributed by atoms with van der Waals surface area (Å²) in [5, 5.41) is 3.91. The van der Waals surface area contributed by atoms with E-state index in [4.69, 9.17) is 0 Å². The quantitative estimate of drug-likeness (QED) is 0.285. The molecule has 0 aliphatic heterocycles. The summed E-state index contributed by atoms with van der Waals surface area (Å²) in [6, 6.07) is 0. The lowest BCUT2D eigenvalue weighted by Crippen LogP contribution is -2.42. The first-order valence-electron chi connectivity index (χ1n) is 6.30. The van der Waals surface area contributed by atoms with E-state index in [0.29, 0.717) is 0 Å². The number of quaternary nitrogens is 1. The molecule has 4 heteroatoms. The molecule has 0 heterocycles. The Bertz CT molecular complexity index is 229. The van der Waals surface area contributed by atoms with Crippen LogP contribution >= 0.6 is 15.9 Å². The summed E-state index contributed by atoms with van der Waals surface area (Å²) in [6.45, 7) is 6.48. The first-order chi connectivity index (χ1) is 8.02.